The average molecular weight is 427 g/mol. The Hall–Kier alpha value is -2.57. The Kier molecular flexibility index (Phi) is 8.32. The quantitative estimate of drug-likeness (QED) is 0.583. The zero-order chi connectivity index (χ0) is 22.2. The van der Waals surface area contributed by atoms with Gasteiger partial charge in [0, 0.05) is 52.7 Å². The number of hydrogen-bond acceptors (Lipinski definition) is 5. The molecule has 2 atom stereocenters. The van der Waals surface area contributed by atoms with Crippen molar-refractivity contribution in [3.05, 3.63) is 59.7 Å². The van der Waals surface area contributed by atoms with E-state index in [1.165, 1.54) is 11.1 Å². The Bertz CT molecular complexity index is 857. The van der Waals surface area contributed by atoms with Gasteiger partial charge in [-0.3, -0.25) is 9.69 Å². The summed E-state index contributed by atoms with van der Waals surface area (Å²) in [5.41, 5.74) is 2.49. The van der Waals surface area contributed by atoms with E-state index in [0.29, 0.717) is 25.0 Å². The van der Waals surface area contributed by atoms with Crippen molar-refractivity contribution in [2.45, 2.75) is 19.4 Å². The molecule has 0 aliphatic carbocycles. The second-order valence-electron chi connectivity index (χ2n) is 8.15. The summed E-state index contributed by atoms with van der Waals surface area (Å²) < 4.78 is 16.1. The first-order chi connectivity index (χ1) is 15.0. The molecule has 3 rings (SSSR count). The summed E-state index contributed by atoms with van der Waals surface area (Å²) in [5, 5.41) is 0. The molecule has 1 fully saturated rings. The maximum atomic E-state index is 12.2. The van der Waals surface area contributed by atoms with E-state index in [2.05, 4.69) is 29.2 Å². The van der Waals surface area contributed by atoms with E-state index in [0.717, 1.165) is 37.7 Å². The van der Waals surface area contributed by atoms with Crippen LogP contribution in [0.25, 0.3) is 0 Å². The molecule has 0 bridgehead atoms. The van der Waals surface area contributed by atoms with Crippen LogP contribution in [0.4, 0.5) is 0 Å². The summed E-state index contributed by atoms with van der Waals surface area (Å²) in [4.78, 5) is 16.6. The highest BCUT2D eigenvalue weighted by Gasteiger charge is 2.35. The summed E-state index contributed by atoms with van der Waals surface area (Å²) >= 11 is 0. The molecule has 6 heteroatoms. The highest BCUT2D eigenvalue weighted by atomic mass is 16.5. The Morgan fingerprint density at radius 1 is 1.03 bits per heavy atom. The molecule has 1 aliphatic heterocycles. The summed E-state index contributed by atoms with van der Waals surface area (Å²) in [6.45, 7) is 6.23. The molecule has 0 unspecified atom stereocenters. The van der Waals surface area contributed by atoms with Crippen molar-refractivity contribution >= 4 is 5.91 Å². The maximum absolute atomic E-state index is 12.2. The monoisotopic (exact) mass is 426 g/mol. The molecule has 0 N–H and O–H groups in total. The number of hydrogen-bond donors (Lipinski definition) is 0. The number of nitrogens with zero attached hydrogens (tertiary/aromatic N) is 2. The van der Waals surface area contributed by atoms with Gasteiger partial charge in [0.25, 0.3) is 0 Å². The van der Waals surface area contributed by atoms with E-state index >= 15 is 0 Å². The number of ether oxygens (including phenoxy) is 3. The number of likely N-dealkylation sites (tertiary alicyclic amines) is 1. The van der Waals surface area contributed by atoms with Gasteiger partial charge in [0.2, 0.25) is 5.91 Å². The average Bonchev–Trinajstić information content (AvgIpc) is 3.18. The SMILES string of the molecule is COCCN(C[C@H]1CN(Cc2cccc(OC)c2)C[C@H]1c1cccc(OC)c1)C(C)=O. The minimum absolute atomic E-state index is 0.0905. The van der Waals surface area contributed by atoms with E-state index < -0.39 is 0 Å². The van der Waals surface area contributed by atoms with E-state index in [9.17, 15) is 4.79 Å². The van der Waals surface area contributed by atoms with Gasteiger partial charge in [0.05, 0.1) is 20.8 Å². The Morgan fingerprint density at radius 3 is 2.42 bits per heavy atom. The Morgan fingerprint density at radius 2 is 1.74 bits per heavy atom. The van der Waals surface area contributed by atoms with Crippen molar-refractivity contribution in [2.75, 3.05) is 54.1 Å². The molecule has 6 nitrogen and oxygen atoms in total. The second kappa shape index (κ2) is 11.2. The van der Waals surface area contributed by atoms with Crippen LogP contribution in [0.1, 0.15) is 24.0 Å². The van der Waals surface area contributed by atoms with E-state index in [1.54, 1.807) is 28.3 Å². The highest BCUT2D eigenvalue weighted by molar-refractivity contribution is 5.73. The fraction of sp³-hybridized carbons (Fsp3) is 0.480. The minimum Gasteiger partial charge on any atom is -0.497 e. The Labute approximate surface area is 185 Å². The Balaban J connectivity index is 1.80. The van der Waals surface area contributed by atoms with Crippen molar-refractivity contribution in [1.82, 2.24) is 9.80 Å². The molecule has 1 aliphatic rings. The fourth-order valence-electron chi connectivity index (χ4n) is 4.42. The number of methoxy groups -OCH3 is 3. The molecular weight excluding hydrogens is 392 g/mol. The number of carbonyl (C=O) groups is 1. The molecule has 168 valence electrons. The van der Waals surface area contributed by atoms with Gasteiger partial charge < -0.3 is 19.1 Å². The fourth-order valence-corrected chi connectivity index (χ4v) is 4.42. The molecular formula is C25H34N2O4. The van der Waals surface area contributed by atoms with Crippen LogP contribution in [-0.2, 0) is 16.1 Å². The number of carbonyl (C=O) groups excluding carboxylic acids is 1. The molecule has 0 saturated carbocycles. The predicted octanol–water partition coefficient (Wildman–Crippen LogP) is 3.41. The number of amides is 1. The molecule has 31 heavy (non-hydrogen) atoms. The van der Waals surface area contributed by atoms with Gasteiger partial charge >= 0.3 is 0 Å². The summed E-state index contributed by atoms with van der Waals surface area (Å²) in [7, 11) is 5.06. The van der Waals surface area contributed by atoms with Crippen molar-refractivity contribution in [3.8, 4) is 11.5 Å². The van der Waals surface area contributed by atoms with Crippen LogP contribution in [0.2, 0.25) is 0 Å². The van der Waals surface area contributed by atoms with Gasteiger partial charge in [-0.2, -0.15) is 0 Å². The number of benzene rings is 2. The van der Waals surface area contributed by atoms with Crippen LogP contribution in [0.3, 0.4) is 0 Å². The van der Waals surface area contributed by atoms with Crippen LogP contribution < -0.4 is 9.47 Å². The van der Waals surface area contributed by atoms with Gasteiger partial charge in [-0.1, -0.05) is 24.3 Å². The topological polar surface area (TPSA) is 51.2 Å². The van der Waals surface area contributed by atoms with Crippen LogP contribution in [0.15, 0.2) is 48.5 Å². The van der Waals surface area contributed by atoms with Crippen LogP contribution in [-0.4, -0.2) is 69.8 Å². The van der Waals surface area contributed by atoms with Gasteiger partial charge in [-0.25, -0.2) is 0 Å². The van der Waals surface area contributed by atoms with Gasteiger partial charge in [0.1, 0.15) is 11.5 Å². The number of rotatable bonds is 10. The van der Waals surface area contributed by atoms with Crippen LogP contribution >= 0.6 is 0 Å². The summed E-state index contributed by atoms with van der Waals surface area (Å²) in [5.74, 6) is 2.49. The highest BCUT2D eigenvalue weighted by Crippen LogP contribution is 2.35. The third-order valence-corrected chi connectivity index (χ3v) is 6.04. The lowest BCUT2D eigenvalue weighted by Crippen LogP contribution is -2.38. The molecule has 2 aromatic rings. The normalized spacial score (nSPS) is 18.7. The first-order valence-corrected chi connectivity index (χ1v) is 10.8. The van der Waals surface area contributed by atoms with Gasteiger partial charge in [-0.15, -0.1) is 0 Å². The van der Waals surface area contributed by atoms with Gasteiger partial charge in [0.15, 0.2) is 0 Å². The molecule has 0 spiro atoms. The van der Waals surface area contributed by atoms with Gasteiger partial charge in [-0.05, 0) is 41.3 Å². The lowest BCUT2D eigenvalue weighted by molar-refractivity contribution is -0.130. The second-order valence-corrected chi connectivity index (χ2v) is 8.15. The smallest absolute Gasteiger partial charge is 0.219 e. The third-order valence-electron chi connectivity index (χ3n) is 6.04. The van der Waals surface area contributed by atoms with E-state index in [-0.39, 0.29) is 5.91 Å². The van der Waals surface area contributed by atoms with Crippen molar-refractivity contribution in [3.63, 3.8) is 0 Å². The largest absolute Gasteiger partial charge is 0.497 e. The predicted molar refractivity (Wildman–Crippen MR) is 122 cm³/mol. The van der Waals surface area contributed by atoms with E-state index in [1.807, 2.05) is 29.2 Å². The van der Waals surface area contributed by atoms with Crippen LogP contribution in [0, 0.1) is 5.92 Å². The first-order valence-electron chi connectivity index (χ1n) is 10.8. The summed E-state index contributed by atoms with van der Waals surface area (Å²) in [6, 6.07) is 16.5. The van der Waals surface area contributed by atoms with Crippen molar-refractivity contribution in [1.29, 1.82) is 0 Å². The zero-order valence-corrected chi connectivity index (χ0v) is 19.0. The molecule has 0 aromatic heterocycles. The lowest BCUT2D eigenvalue weighted by Gasteiger charge is -2.27. The zero-order valence-electron chi connectivity index (χ0n) is 19.0. The molecule has 1 saturated heterocycles. The van der Waals surface area contributed by atoms with Crippen molar-refractivity contribution < 1.29 is 19.0 Å². The maximum Gasteiger partial charge on any atom is 0.219 e. The standard InChI is InChI=1S/C25H34N2O4/c1-19(28)27(11-12-29-2)17-22-16-26(15-20-7-5-9-23(13-20)30-3)18-25(22)21-8-6-10-24(14-21)31-4/h5-10,13-14,22,25H,11-12,15-18H2,1-4H3/t22-,25+/m1/s1. The van der Waals surface area contributed by atoms with Crippen LogP contribution in [0.5, 0.6) is 11.5 Å². The molecule has 0 radical (unpaired) electrons. The van der Waals surface area contributed by atoms with E-state index in [4.69, 9.17) is 14.2 Å². The first kappa shape index (κ1) is 23.1. The molecule has 1 amide bonds. The minimum atomic E-state index is 0.0905. The molecule has 1 heterocycles. The molecule has 2 aromatic carbocycles. The third kappa shape index (κ3) is 6.21. The lowest BCUT2D eigenvalue weighted by atomic mass is 9.88. The van der Waals surface area contributed by atoms with Crippen molar-refractivity contribution in [2.24, 2.45) is 5.92 Å². The summed E-state index contributed by atoms with van der Waals surface area (Å²) in [6.07, 6.45) is 0.